The molecule has 0 fully saturated rings. The van der Waals surface area contributed by atoms with Gasteiger partial charge in [0.05, 0.1) is 12.7 Å². The highest BCUT2D eigenvalue weighted by Crippen LogP contribution is 2.15. The van der Waals surface area contributed by atoms with E-state index in [-0.39, 0.29) is 11.9 Å². The Kier molecular flexibility index (Phi) is 2.83. The second kappa shape index (κ2) is 3.67. The van der Waals surface area contributed by atoms with Gasteiger partial charge in [0, 0.05) is 12.0 Å². The zero-order chi connectivity index (χ0) is 8.27. The molecule has 0 saturated carbocycles. The first kappa shape index (κ1) is 8.47. The first-order chi connectivity index (χ1) is 5.25. The van der Waals surface area contributed by atoms with Crippen LogP contribution in [0, 0.1) is 0 Å². The molecule has 2 nitrogen and oxygen atoms in total. The molecule has 0 N–H and O–H groups in total. The molecule has 0 aliphatic carbocycles. The number of hydrogen-bond donors (Lipinski definition) is 0. The van der Waals surface area contributed by atoms with Gasteiger partial charge in [-0.25, -0.2) is 0 Å². The van der Waals surface area contributed by atoms with Crippen LogP contribution >= 0.6 is 0 Å². The van der Waals surface area contributed by atoms with E-state index in [1.54, 1.807) is 0 Å². The van der Waals surface area contributed by atoms with Crippen molar-refractivity contribution in [2.24, 2.45) is 0 Å². The lowest BCUT2D eigenvalue weighted by atomic mass is 10.0. The van der Waals surface area contributed by atoms with Crippen LogP contribution in [0.1, 0.15) is 26.7 Å². The molecule has 2 heteroatoms. The predicted octanol–water partition coefficient (Wildman–Crippen LogP) is 1.70. The Morgan fingerprint density at radius 3 is 3.09 bits per heavy atom. The standard InChI is InChI=1S/C9H14O2/c1-3-9(10)8-5-4-6-11-7(8)2/h5,7H,3-4,6H2,1-2H3. The van der Waals surface area contributed by atoms with Crippen LogP contribution in [-0.4, -0.2) is 18.5 Å². The maximum Gasteiger partial charge on any atom is 0.160 e. The Balaban J connectivity index is 2.67. The van der Waals surface area contributed by atoms with E-state index in [0.29, 0.717) is 6.42 Å². The first-order valence-corrected chi connectivity index (χ1v) is 4.10. The first-order valence-electron chi connectivity index (χ1n) is 4.10. The monoisotopic (exact) mass is 154 g/mol. The van der Waals surface area contributed by atoms with Crippen LogP contribution in [0.2, 0.25) is 0 Å². The minimum absolute atomic E-state index is 0.0104. The van der Waals surface area contributed by atoms with Crippen LogP contribution in [-0.2, 0) is 9.53 Å². The lowest BCUT2D eigenvalue weighted by molar-refractivity contribution is -0.116. The molecular formula is C9H14O2. The van der Waals surface area contributed by atoms with Crippen LogP contribution < -0.4 is 0 Å². The lowest BCUT2D eigenvalue weighted by Gasteiger charge is -2.19. The van der Waals surface area contributed by atoms with Crippen LogP contribution in [0.5, 0.6) is 0 Å². The summed E-state index contributed by atoms with van der Waals surface area (Å²) in [7, 11) is 0. The van der Waals surface area contributed by atoms with Crippen molar-refractivity contribution < 1.29 is 9.53 Å². The number of hydrogen-bond acceptors (Lipinski definition) is 2. The summed E-state index contributed by atoms with van der Waals surface area (Å²) in [4.78, 5) is 11.2. The average Bonchev–Trinajstić information content (AvgIpc) is 2.04. The molecule has 0 aromatic rings. The van der Waals surface area contributed by atoms with Crippen molar-refractivity contribution in [2.45, 2.75) is 32.8 Å². The zero-order valence-corrected chi connectivity index (χ0v) is 7.09. The molecule has 0 aromatic carbocycles. The second-order valence-electron chi connectivity index (χ2n) is 2.74. The van der Waals surface area contributed by atoms with Gasteiger partial charge >= 0.3 is 0 Å². The van der Waals surface area contributed by atoms with Crippen LogP contribution in [0.15, 0.2) is 11.6 Å². The van der Waals surface area contributed by atoms with Crippen molar-refractivity contribution in [1.82, 2.24) is 0 Å². The van der Waals surface area contributed by atoms with E-state index >= 15 is 0 Å². The Labute approximate surface area is 67.2 Å². The molecule has 0 spiro atoms. The molecule has 0 radical (unpaired) electrons. The predicted molar refractivity (Wildman–Crippen MR) is 43.4 cm³/mol. The molecule has 1 unspecified atom stereocenters. The van der Waals surface area contributed by atoms with Gasteiger partial charge in [0.2, 0.25) is 0 Å². The molecule has 1 rings (SSSR count). The molecule has 11 heavy (non-hydrogen) atoms. The van der Waals surface area contributed by atoms with Gasteiger partial charge in [0.1, 0.15) is 0 Å². The summed E-state index contributed by atoms with van der Waals surface area (Å²) in [5.74, 6) is 0.220. The van der Waals surface area contributed by atoms with Gasteiger partial charge in [-0.05, 0) is 13.3 Å². The molecule has 0 bridgehead atoms. The number of Topliss-reactive ketones (excluding diaryl/α,β-unsaturated/α-hetero) is 1. The summed E-state index contributed by atoms with van der Waals surface area (Å²) in [5.41, 5.74) is 0.860. The van der Waals surface area contributed by atoms with Crippen molar-refractivity contribution >= 4 is 5.78 Å². The van der Waals surface area contributed by atoms with Gasteiger partial charge in [-0.15, -0.1) is 0 Å². The van der Waals surface area contributed by atoms with Gasteiger partial charge in [-0.1, -0.05) is 13.0 Å². The lowest BCUT2D eigenvalue weighted by Crippen LogP contribution is -2.22. The van der Waals surface area contributed by atoms with Crippen molar-refractivity contribution in [3.8, 4) is 0 Å². The minimum atomic E-state index is 0.0104. The highest BCUT2D eigenvalue weighted by atomic mass is 16.5. The van der Waals surface area contributed by atoms with Gasteiger partial charge in [0.25, 0.3) is 0 Å². The fraction of sp³-hybridized carbons (Fsp3) is 0.667. The maximum atomic E-state index is 11.2. The molecule has 0 saturated heterocycles. The van der Waals surface area contributed by atoms with E-state index in [1.807, 2.05) is 19.9 Å². The third-order valence-electron chi connectivity index (χ3n) is 1.93. The molecule has 62 valence electrons. The smallest absolute Gasteiger partial charge is 0.160 e. The van der Waals surface area contributed by atoms with Crippen molar-refractivity contribution in [2.75, 3.05) is 6.61 Å². The van der Waals surface area contributed by atoms with Crippen LogP contribution in [0.4, 0.5) is 0 Å². The van der Waals surface area contributed by atoms with E-state index < -0.39 is 0 Å². The number of carbonyl (C=O) groups is 1. The average molecular weight is 154 g/mol. The van der Waals surface area contributed by atoms with Crippen molar-refractivity contribution in [1.29, 1.82) is 0 Å². The Bertz CT molecular complexity index is 182. The van der Waals surface area contributed by atoms with Gasteiger partial charge in [-0.3, -0.25) is 4.79 Å². The number of rotatable bonds is 2. The molecule has 1 aliphatic rings. The maximum absolute atomic E-state index is 11.2. The van der Waals surface area contributed by atoms with E-state index in [0.717, 1.165) is 18.6 Å². The Morgan fingerprint density at radius 2 is 2.55 bits per heavy atom. The number of ether oxygens (including phenoxy) is 1. The van der Waals surface area contributed by atoms with E-state index in [1.165, 1.54) is 0 Å². The molecular weight excluding hydrogens is 140 g/mol. The van der Waals surface area contributed by atoms with Crippen LogP contribution in [0.3, 0.4) is 0 Å². The summed E-state index contributed by atoms with van der Waals surface area (Å²) in [6.07, 6.45) is 3.47. The quantitative estimate of drug-likeness (QED) is 0.605. The number of ketones is 1. The largest absolute Gasteiger partial charge is 0.373 e. The molecule has 0 aromatic heterocycles. The van der Waals surface area contributed by atoms with Crippen LogP contribution in [0.25, 0.3) is 0 Å². The minimum Gasteiger partial charge on any atom is -0.373 e. The summed E-state index contributed by atoms with van der Waals surface area (Å²) >= 11 is 0. The zero-order valence-electron chi connectivity index (χ0n) is 7.09. The van der Waals surface area contributed by atoms with Gasteiger partial charge in [0.15, 0.2) is 5.78 Å². The third-order valence-corrected chi connectivity index (χ3v) is 1.93. The number of carbonyl (C=O) groups excluding carboxylic acids is 1. The Morgan fingerprint density at radius 1 is 1.82 bits per heavy atom. The summed E-state index contributed by atoms with van der Waals surface area (Å²) in [6, 6.07) is 0. The molecule has 1 heterocycles. The van der Waals surface area contributed by atoms with E-state index in [4.69, 9.17) is 4.74 Å². The molecule has 1 atom stereocenters. The summed E-state index contributed by atoms with van der Waals surface area (Å²) in [5, 5.41) is 0. The molecule has 1 aliphatic heterocycles. The SMILES string of the molecule is CCC(=O)C1=CCCOC1C. The fourth-order valence-corrected chi connectivity index (χ4v) is 1.26. The highest BCUT2D eigenvalue weighted by molar-refractivity contribution is 5.96. The highest BCUT2D eigenvalue weighted by Gasteiger charge is 2.18. The fourth-order valence-electron chi connectivity index (χ4n) is 1.26. The summed E-state index contributed by atoms with van der Waals surface area (Å²) < 4.78 is 5.32. The normalized spacial score (nSPS) is 24.5. The second-order valence-corrected chi connectivity index (χ2v) is 2.74. The van der Waals surface area contributed by atoms with Crippen molar-refractivity contribution in [3.05, 3.63) is 11.6 Å². The third kappa shape index (κ3) is 1.90. The molecule has 0 amide bonds. The van der Waals surface area contributed by atoms with Crippen molar-refractivity contribution in [3.63, 3.8) is 0 Å². The topological polar surface area (TPSA) is 26.3 Å². The summed E-state index contributed by atoms with van der Waals surface area (Å²) in [6.45, 7) is 4.56. The van der Waals surface area contributed by atoms with E-state index in [9.17, 15) is 4.79 Å². The van der Waals surface area contributed by atoms with E-state index in [2.05, 4.69) is 0 Å². The Hall–Kier alpha value is -0.630. The van der Waals surface area contributed by atoms with Gasteiger partial charge in [-0.2, -0.15) is 0 Å². The van der Waals surface area contributed by atoms with Gasteiger partial charge < -0.3 is 4.74 Å².